The lowest BCUT2D eigenvalue weighted by atomic mass is 10.1. The van der Waals surface area contributed by atoms with Gasteiger partial charge in [-0.05, 0) is 19.1 Å². The first kappa shape index (κ1) is 16.9. The first-order valence-electron chi connectivity index (χ1n) is 6.72. The molecule has 9 nitrogen and oxygen atoms in total. The molecule has 0 heterocycles. The molecule has 2 aromatic rings. The van der Waals surface area contributed by atoms with E-state index in [9.17, 15) is 25.0 Å². The van der Waals surface area contributed by atoms with Crippen molar-refractivity contribution in [2.45, 2.75) is 6.92 Å². The summed E-state index contributed by atoms with van der Waals surface area (Å²) in [4.78, 5) is 32.9. The Morgan fingerprint density at radius 1 is 1.08 bits per heavy atom. The van der Waals surface area contributed by atoms with Crippen molar-refractivity contribution < 1.29 is 19.4 Å². The Labute approximate surface area is 136 Å². The van der Waals surface area contributed by atoms with E-state index in [2.05, 4.69) is 5.32 Å². The Morgan fingerprint density at radius 3 is 2.38 bits per heavy atom. The molecule has 124 valence electrons. The van der Waals surface area contributed by atoms with Gasteiger partial charge in [-0.1, -0.05) is 6.07 Å². The van der Waals surface area contributed by atoms with Crippen LogP contribution in [-0.4, -0.2) is 22.9 Å². The zero-order valence-corrected chi connectivity index (χ0v) is 12.8. The van der Waals surface area contributed by atoms with Gasteiger partial charge in [0.15, 0.2) is 0 Å². The van der Waals surface area contributed by atoms with Gasteiger partial charge in [-0.3, -0.25) is 25.0 Å². The molecule has 1 N–H and O–H groups in total. The predicted molar refractivity (Wildman–Crippen MR) is 85.4 cm³/mol. The number of nitrogens with one attached hydrogen (secondary N) is 1. The van der Waals surface area contributed by atoms with E-state index >= 15 is 0 Å². The highest BCUT2D eigenvalue weighted by Crippen LogP contribution is 2.29. The Bertz CT molecular complexity index is 834. The summed E-state index contributed by atoms with van der Waals surface area (Å²) in [5, 5.41) is 24.3. The van der Waals surface area contributed by atoms with E-state index < -0.39 is 15.8 Å². The Kier molecular flexibility index (Phi) is 4.73. The maximum absolute atomic E-state index is 12.3. The standard InChI is InChI=1S/C15H13N3O6/c1-9-3-4-10(7-13(9)18(22)23)15(19)16-12-8-11(17(20)21)5-6-14(12)24-2/h3-8H,1-2H3,(H,16,19). The average molecular weight is 331 g/mol. The summed E-state index contributed by atoms with van der Waals surface area (Å²) in [5.41, 5.74) is 0.167. The largest absolute Gasteiger partial charge is 0.495 e. The summed E-state index contributed by atoms with van der Waals surface area (Å²) in [6.07, 6.45) is 0. The van der Waals surface area contributed by atoms with Gasteiger partial charge in [-0.25, -0.2) is 0 Å². The minimum Gasteiger partial charge on any atom is -0.495 e. The van der Waals surface area contributed by atoms with E-state index in [1.165, 1.54) is 31.4 Å². The minimum atomic E-state index is -0.642. The number of amides is 1. The monoisotopic (exact) mass is 331 g/mol. The first-order chi connectivity index (χ1) is 11.3. The van der Waals surface area contributed by atoms with E-state index in [4.69, 9.17) is 4.74 Å². The predicted octanol–water partition coefficient (Wildman–Crippen LogP) is 3.07. The smallest absolute Gasteiger partial charge is 0.273 e. The number of hydrogen-bond donors (Lipinski definition) is 1. The molecule has 0 fully saturated rings. The molecule has 0 unspecified atom stereocenters. The molecule has 24 heavy (non-hydrogen) atoms. The molecule has 0 atom stereocenters. The van der Waals surface area contributed by atoms with E-state index in [0.717, 1.165) is 12.1 Å². The topological polar surface area (TPSA) is 125 Å². The van der Waals surface area contributed by atoms with Crippen molar-refractivity contribution in [1.29, 1.82) is 0 Å². The van der Waals surface area contributed by atoms with Gasteiger partial charge in [0.05, 0.1) is 22.6 Å². The van der Waals surface area contributed by atoms with E-state index in [1.807, 2.05) is 0 Å². The van der Waals surface area contributed by atoms with E-state index in [1.54, 1.807) is 6.92 Å². The molecule has 0 bridgehead atoms. The number of nitrogens with zero attached hydrogens (tertiary/aromatic N) is 2. The zero-order valence-electron chi connectivity index (χ0n) is 12.8. The fraction of sp³-hybridized carbons (Fsp3) is 0.133. The molecule has 0 saturated carbocycles. The second-order valence-electron chi connectivity index (χ2n) is 4.85. The number of aryl methyl sites for hydroxylation is 1. The van der Waals surface area contributed by atoms with E-state index in [0.29, 0.717) is 5.56 Å². The molecular weight excluding hydrogens is 318 g/mol. The van der Waals surface area contributed by atoms with Gasteiger partial charge in [0, 0.05) is 29.3 Å². The number of hydrogen-bond acceptors (Lipinski definition) is 6. The molecule has 2 rings (SSSR count). The molecule has 1 amide bonds. The van der Waals surface area contributed by atoms with Crippen LogP contribution in [0.25, 0.3) is 0 Å². The normalized spacial score (nSPS) is 10.1. The molecule has 0 saturated heterocycles. The van der Waals surface area contributed by atoms with Crippen LogP contribution in [0.15, 0.2) is 36.4 Å². The van der Waals surface area contributed by atoms with Crippen molar-refractivity contribution >= 4 is 23.0 Å². The van der Waals surface area contributed by atoms with Crippen molar-refractivity contribution in [1.82, 2.24) is 0 Å². The Morgan fingerprint density at radius 2 is 1.79 bits per heavy atom. The number of rotatable bonds is 5. The van der Waals surface area contributed by atoms with Gasteiger partial charge >= 0.3 is 0 Å². The third kappa shape index (κ3) is 3.46. The number of methoxy groups -OCH3 is 1. The first-order valence-corrected chi connectivity index (χ1v) is 6.72. The summed E-state index contributed by atoms with van der Waals surface area (Å²) >= 11 is 0. The number of nitro benzene ring substituents is 2. The summed E-state index contributed by atoms with van der Waals surface area (Å²) in [6.45, 7) is 1.56. The summed E-state index contributed by atoms with van der Waals surface area (Å²) in [6, 6.07) is 7.78. The number of ether oxygens (including phenoxy) is 1. The zero-order chi connectivity index (χ0) is 17.9. The number of carbonyl (C=O) groups excluding carboxylic acids is 1. The molecular formula is C15H13N3O6. The molecule has 0 aliphatic carbocycles. The number of non-ortho nitro benzene ring substituents is 1. The van der Waals surface area contributed by atoms with E-state index in [-0.39, 0.29) is 28.4 Å². The van der Waals surface area contributed by atoms with Crippen LogP contribution in [0.5, 0.6) is 5.75 Å². The Balaban J connectivity index is 2.36. The summed E-state index contributed by atoms with van der Waals surface area (Å²) in [5.74, 6) is -0.410. The van der Waals surface area contributed by atoms with Crippen molar-refractivity contribution in [3.63, 3.8) is 0 Å². The molecule has 0 aromatic heterocycles. The quantitative estimate of drug-likeness (QED) is 0.663. The molecule has 2 aromatic carbocycles. The fourth-order valence-corrected chi connectivity index (χ4v) is 2.05. The fourth-order valence-electron chi connectivity index (χ4n) is 2.05. The minimum absolute atomic E-state index is 0.0564. The maximum atomic E-state index is 12.3. The number of nitro groups is 2. The van der Waals surface area contributed by atoms with Gasteiger partial charge in [-0.15, -0.1) is 0 Å². The van der Waals surface area contributed by atoms with Crippen LogP contribution in [0.2, 0.25) is 0 Å². The lowest BCUT2D eigenvalue weighted by molar-refractivity contribution is -0.385. The molecule has 0 spiro atoms. The number of carbonyl (C=O) groups is 1. The van der Waals surface area contributed by atoms with Gasteiger partial charge in [0.1, 0.15) is 5.75 Å². The van der Waals surface area contributed by atoms with Crippen molar-refractivity contribution in [3.8, 4) is 5.75 Å². The third-order valence-corrected chi connectivity index (χ3v) is 3.31. The van der Waals surface area contributed by atoms with Gasteiger partial charge in [0.25, 0.3) is 17.3 Å². The highest BCUT2D eigenvalue weighted by Gasteiger charge is 2.18. The highest BCUT2D eigenvalue weighted by molar-refractivity contribution is 6.05. The molecule has 9 heteroatoms. The van der Waals surface area contributed by atoms with Gasteiger partial charge in [0.2, 0.25) is 0 Å². The maximum Gasteiger partial charge on any atom is 0.273 e. The molecule has 0 radical (unpaired) electrons. The van der Waals surface area contributed by atoms with Gasteiger partial charge in [-0.2, -0.15) is 0 Å². The van der Waals surface area contributed by atoms with Crippen LogP contribution in [0.3, 0.4) is 0 Å². The second-order valence-corrected chi connectivity index (χ2v) is 4.85. The van der Waals surface area contributed by atoms with Crippen LogP contribution in [-0.2, 0) is 0 Å². The molecule has 0 aliphatic rings. The average Bonchev–Trinajstić information content (AvgIpc) is 2.54. The van der Waals surface area contributed by atoms with Crippen LogP contribution in [0, 0.1) is 27.2 Å². The van der Waals surface area contributed by atoms with Crippen LogP contribution < -0.4 is 10.1 Å². The lowest BCUT2D eigenvalue weighted by Gasteiger charge is -2.10. The third-order valence-electron chi connectivity index (χ3n) is 3.31. The van der Waals surface area contributed by atoms with Crippen LogP contribution in [0.1, 0.15) is 15.9 Å². The highest BCUT2D eigenvalue weighted by atomic mass is 16.6. The number of anilines is 1. The van der Waals surface area contributed by atoms with Crippen LogP contribution in [0.4, 0.5) is 17.1 Å². The van der Waals surface area contributed by atoms with Gasteiger partial charge < -0.3 is 10.1 Å². The molecule has 0 aliphatic heterocycles. The lowest BCUT2D eigenvalue weighted by Crippen LogP contribution is -2.13. The summed E-state index contributed by atoms with van der Waals surface area (Å²) in [7, 11) is 1.35. The number of benzene rings is 2. The summed E-state index contributed by atoms with van der Waals surface area (Å²) < 4.78 is 5.05. The van der Waals surface area contributed by atoms with Crippen LogP contribution >= 0.6 is 0 Å². The van der Waals surface area contributed by atoms with Crippen molar-refractivity contribution in [2.24, 2.45) is 0 Å². The van der Waals surface area contributed by atoms with Crippen molar-refractivity contribution in [3.05, 3.63) is 67.8 Å². The van der Waals surface area contributed by atoms with Crippen molar-refractivity contribution in [2.75, 3.05) is 12.4 Å². The Hall–Kier alpha value is -3.49. The second kappa shape index (κ2) is 6.73. The SMILES string of the molecule is COc1ccc([N+](=O)[O-])cc1NC(=O)c1ccc(C)c([N+](=O)[O-])c1.